The largest absolute Gasteiger partial charge is 0.396 e. The lowest BCUT2D eigenvalue weighted by molar-refractivity contribution is 0.298. The zero-order chi connectivity index (χ0) is 9.80. The van der Waals surface area contributed by atoms with Crippen LogP contribution in [0.5, 0.6) is 0 Å². The first kappa shape index (κ1) is 8.89. The van der Waals surface area contributed by atoms with Crippen molar-refractivity contribution in [3.8, 4) is 0 Å². The minimum absolute atomic E-state index is 0.0843. The molecule has 6 nitrogen and oxygen atoms in total. The average Bonchev–Trinajstić information content (AvgIpc) is 2.79. The molecule has 0 spiro atoms. The molecule has 74 valence electrons. The quantitative estimate of drug-likeness (QED) is 0.732. The molecule has 6 heteroatoms. The van der Waals surface area contributed by atoms with Crippen molar-refractivity contribution in [3.63, 3.8) is 0 Å². The zero-order valence-electron chi connectivity index (χ0n) is 7.50. The molecule has 2 aromatic heterocycles. The Bertz CT molecular complexity index is 382. The van der Waals surface area contributed by atoms with Gasteiger partial charge in [0.1, 0.15) is 6.54 Å². The molecule has 0 radical (unpaired) electrons. The fourth-order valence-electron chi connectivity index (χ4n) is 1.13. The summed E-state index contributed by atoms with van der Waals surface area (Å²) in [6, 6.07) is 1.77. The van der Waals surface area contributed by atoms with Crippen molar-refractivity contribution in [2.24, 2.45) is 0 Å². The summed E-state index contributed by atoms with van der Waals surface area (Å²) >= 11 is 0. The smallest absolute Gasteiger partial charge is 0.158 e. The molecule has 0 unspecified atom stereocenters. The summed E-state index contributed by atoms with van der Waals surface area (Å²) in [7, 11) is 0. The van der Waals surface area contributed by atoms with Crippen LogP contribution in [0.15, 0.2) is 23.0 Å². The lowest BCUT2D eigenvalue weighted by Crippen LogP contribution is -1.98. The van der Waals surface area contributed by atoms with Gasteiger partial charge in [0.2, 0.25) is 0 Å². The monoisotopic (exact) mass is 194 g/mol. The third-order valence-electron chi connectivity index (χ3n) is 1.76. The number of hydrogen-bond donors (Lipinski definition) is 1. The normalized spacial score (nSPS) is 10.6. The van der Waals surface area contributed by atoms with Gasteiger partial charge in [-0.25, -0.2) is 4.68 Å². The summed E-state index contributed by atoms with van der Waals surface area (Å²) in [6.45, 7) is 0.597. The van der Waals surface area contributed by atoms with Gasteiger partial charge in [0.15, 0.2) is 5.76 Å². The van der Waals surface area contributed by atoms with Crippen LogP contribution >= 0.6 is 0 Å². The third-order valence-corrected chi connectivity index (χ3v) is 1.76. The van der Waals surface area contributed by atoms with Gasteiger partial charge >= 0.3 is 0 Å². The standard InChI is InChI=1S/C8H10N4O2/c13-4-2-7-5-12(11-10-7)6-8-1-3-9-14-8/h1,3,5,13H,2,4,6H2. The van der Waals surface area contributed by atoms with Crippen LogP contribution in [0.3, 0.4) is 0 Å². The summed E-state index contributed by atoms with van der Waals surface area (Å²) in [5.41, 5.74) is 0.770. The molecule has 14 heavy (non-hydrogen) atoms. The zero-order valence-corrected chi connectivity index (χ0v) is 7.50. The minimum Gasteiger partial charge on any atom is -0.396 e. The van der Waals surface area contributed by atoms with Gasteiger partial charge in [0.05, 0.1) is 11.9 Å². The number of aliphatic hydroxyl groups is 1. The van der Waals surface area contributed by atoms with Crippen molar-refractivity contribution in [1.29, 1.82) is 0 Å². The summed E-state index contributed by atoms with van der Waals surface area (Å²) in [4.78, 5) is 0. The lowest BCUT2D eigenvalue weighted by atomic mass is 10.3. The second-order valence-corrected chi connectivity index (χ2v) is 2.86. The van der Waals surface area contributed by atoms with Crippen molar-refractivity contribution in [2.75, 3.05) is 6.61 Å². The number of hydrogen-bond acceptors (Lipinski definition) is 5. The van der Waals surface area contributed by atoms with Crippen LogP contribution in [0.1, 0.15) is 11.5 Å². The fourth-order valence-corrected chi connectivity index (χ4v) is 1.13. The van der Waals surface area contributed by atoms with E-state index < -0.39 is 0 Å². The van der Waals surface area contributed by atoms with E-state index >= 15 is 0 Å². The number of aliphatic hydroxyl groups excluding tert-OH is 1. The molecule has 2 aromatic rings. The molecular formula is C8H10N4O2. The van der Waals surface area contributed by atoms with E-state index in [-0.39, 0.29) is 6.61 Å². The highest BCUT2D eigenvalue weighted by atomic mass is 16.5. The molecule has 0 fully saturated rings. The van der Waals surface area contributed by atoms with E-state index in [9.17, 15) is 0 Å². The molecule has 0 amide bonds. The molecule has 2 rings (SSSR count). The summed E-state index contributed by atoms with van der Waals surface area (Å²) < 4.78 is 6.56. The topological polar surface area (TPSA) is 77.0 Å². The number of aromatic nitrogens is 4. The highest BCUT2D eigenvalue weighted by Gasteiger charge is 2.02. The van der Waals surface area contributed by atoms with Gasteiger partial charge in [-0.3, -0.25) is 0 Å². The van der Waals surface area contributed by atoms with Crippen molar-refractivity contribution in [2.45, 2.75) is 13.0 Å². The van der Waals surface area contributed by atoms with Crippen LogP contribution in [0.2, 0.25) is 0 Å². The van der Waals surface area contributed by atoms with E-state index in [0.29, 0.717) is 13.0 Å². The predicted molar refractivity (Wildman–Crippen MR) is 46.4 cm³/mol. The van der Waals surface area contributed by atoms with E-state index in [2.05, 4.69) is 15.5 Å². The summed E-state index contributed by atoms with van der Waals surface area (Å²) in [5.74, 6) is 0.727. The number of nitrogens with zero attached hydrogens (tertiary/aromatic N) is 4. The molecule has 0 atom stereocenters. The van der Waals surface area contributed by atoms with Gasteiger partial charge in [-0.1, -0.05) is 10.4 Å². The fraction of sp³-hybridized carbons (Fsp3) is 0.375. The summed E-state index contributed by atoms with van der Waals surface area (Å²) in [6.07, 6.45) is 3.88. The van der Waals surface area contributed by atoms with Gasteiger partial charge in [-0.05, 0) is 0 Å². The van der Waals surface area contributed by atoms with Crippen molar-refractivity contribution >= 4 is 0 Å². The van der Waals surface area contributed by atoms with Gasteiger partial charge in [0.25, 0.3) is 0 Å². The van der Waals surface area contributed by atoms with Crippen LogP contribution < -0.4 is 0 Å². The Kier molecular flexibility index (Phi) is 2.55. The van der Waals surface area contributed by atoms with E-state index in [1.54, 1.807) is 23.1 Å². The Labute approximate surface area is 80.1 Å². The molecular weight excluding hydrogens is 184 g/mol. The highest BCUT2D eigenvalue weighted by Crippen LogP contribution is 2.01. The predicted octanol–water partition coefficient (Wildman–Crippen LogP) is -0.151. The first-order valence-corrected chi connectivity index (χ1v) is 4.28. The molecule has 0 aliphatic heterocycles. The van der Waals surface area contributed by atoms with Crippen LogP contribution in [-0.2, 0) is 13.0 Å². The van der Waals surface area contributed by atoms with E-state index in [0.717, 1.165) is 11.5 Å². The number of rotatable bonds is 4. The average molecular weight is 194 g/mol. The van der Waals surface area contributed by atoms with Gasteiger partial charge in [-0.15, -0.1) is 5.10 Å². The molecule has 0 saturated heterocycles. The van der Waals surface area contributed by atoms with Crippen LogP contribution in [0.4, 0.5) is 0 Å². The first-order chi connectivity index (χ1) is 6.88. The SMILES string of the molecule is OCCc1cn(Cc2ccno2)nn1. The Morgan fingerprint density at radius 3 is 3.14 bits per heavy atom. The maximum Gasteiger partial charge on any atom is 0.158 e. The van der Waals surface area contributed by atoms with E-state index in [1.165, 1.54) is 0 Å². The molecule has 2 heterocycles. The van der Waals surface area contributed by atoms with Gasteiger partial charge < -0.3 is 9.63 Å². The van der Waals surface area contributed by atoms with Crippen molar-refractivity contribution < 1.29 is 9.63 Å². The van der Waals surface area contributed by atoms with E-state index in [1.807, 2.05) is 0 Å². The Morgan fingerprint density at radius 2 is 2.43 bits per heavy atom. The second kappa shape index (κ2) is 4.01. The maximum absolute atomic E-state index is 8.68. The second-order valence-electron chi connectivity index (χ2n) is 2.86. The van der Waals surface area contributed by atoms with Gasteiger partial charge in [0, 0.05) is 25.3 Å². The van der Waals surface area contributed by atoms with Crippen molar-refractivity contribution in [1.82, 2.24) is 20.2 Å². The Hall–Kier alpha value is -1.69. The van der Waals surface area contributed by atoms with Gasteiger partial charge in [-0.2, -0.15) is 0 Å². The Balaban J connectivity index is 2.03. The third kappa shape index (κ3) is 1.97. The lowest BCUT2D eigenvalue weighted by Gasteiger charge is -1.93. The molecule has 1 N–H and O–H groups in total. The van der Waals surface area contributed by atoms with E-state index in [4.69, 9.17) is 9.63 Å². The van der Waals surface area contributed by atoms with Crippen molar-refractivity contribution in [3.05, 3.63) is 29.9 Å². The minimum atomic E-state index is 0.0843. The van der Waals surface area contributed by atoms with Crippen LogP contribution in [0, 0.1) is 0 Å². The van der Waals surface area contributed by atoms with Crippen LogP contribution in [0.25, 0.3) is 0 Å². The maximum atomic E-state index is 8.68. The Morgan fingerprint density at radius 1 is 1.50 bits per heavy atom. The first-order valence-electron chi connectivity index (χ1n) is 4.28. The summed E-state index contributed by atoms with van der Waals surface area (Å²) in [5, 5.41) is 20.0. The molecule has 0 bridgehead atoms. The molecule has 0 aromatic carbocycles. The molecule has 0 aliphatic carbocycles. The highest BCUT2D eigenvalue weighted by molar-refractivity contribution is 4.97. The molecule has 0 saturated carbocycles. The van der Waals surface area contributed by atoms with Crippen LogP contribution in [-0.4, -0.2) is 31.9 Å². The molecule has 0 aliphatic rings.